The monoisotopic (exact) mass is 299 g/mol. The molecule has 1 aromatic heterocycles. The lowest BCUT2D eigenvalue weighted by molar-refractivity contribution is 0.0618. The van der Waals surface area contributed by atoms with E-state index in [1.165, 1.54) is 0 Å². The number of benzene rings is 1. The number of nitrogens with one attached hydrogen (secondary N) is 1. The minimum absolute atomic E-state index is 0.0758. The Kier molecular flexibility index (Phi) is 3.43. The van der Waals surface area contributed by atoms with E-state index in [-0.39, 0.29) is 17.6 Å². The summed E-state index contributed by atoms with van der Waals surface area (Å²) >= 11 is 0. The van der Waals surface area contributed by atoms with Gasteiger partial charge in [0.25, 0.3) is 5.91 Å². The average Bonchev–Trinajstić information content (AvgIpc) is 2.85. The number of nitrogens with zero attached hydrogens (tertiary/aromatic N) is 2. The van der Waals surface area contributed by atoms with Crippen LogP contribution in [0.4, 0.5) is 0 Å². The van der Waals surface area contributed by atoms with Crippen LogP contribution in [0, 0.1) is 6.92 Å². The fraction of sp³-hybridized carbons (Fsp3) is 0.412. The lowest BCUT2D eigenvalue weighted by Gasteiger charge is -2.38. The molecule has 1 unspecified atom stereocenters. The number of ether oxygens (including phenoxy) is 1. The van der Waals surface area contributed by atoms with Crippen LogP contribution in [0.1, 0.15) is 47.9 Å². The van der Waals surface area contributed by atoms with E-state index in [1.807, 2.05) is 40.0 Å². The van der Waals surface area contributed by atoms with Crippen molar-refractivity contribution in [1.29, 1.82) is 0 Å². The summed E-state index contributed by atoms with van der Waals surface area (Å²) in [4.78, 5) is 16.5. The molecule has 22 heavy (non-hydrogen) atoms. The molecule has 5 nitrogen and oxygen atoms in total. The van der Waals surface area contributed by atoms with Gasteiger partial charge in [0.1, 0.15) is 17.0 Å². The van der Waals surface area contributed by atoms with Gasteiger partial charge in [0.05, 0.1) is 12.4 Å². The fourth-order valence-corrected chi connectivity index (χ4v) is 2.87. The lowest BCUT2D eigenvalue weighted by Crippen LogP contribution is -2.41. The van der Waals surface area contributed by atoms with E-state index in [0.717, 1.165) is 23.3 Å². The summed E-state index contributed by atoms with van der Waals surface area (Å²) in [6, 6.07) is 6.00. The Hall–Kier alpha value is -2.30. The molecule has 0 aliphatic carbocycles. The van der Waals surface area contributed by atoms with E-state index in [2.05, 4.69) is 16.4 Å². The molecule has 2 aromatic rings. The minimum Gasteiger partial charge on any atom is -0.487 e. The van der Waals surface area contributed by atoms with Gasteiger partial charge in [-0.3, -0.25) is 4.79 Å². The van der Waals surface area contributed by atoms with Crippen LogP contribution in [-0.4, -0.2) is 21.1 Å². The zero-order valence-corrected chi connectivity index (χ0v) is 13.4. The molecule has 3 rings (SSSR count). The molecule has 5 heteroatoms. The molecule has 1 N–H and O–H groups in total. The number of hydrogen-bond donors (Lipinski definition) is 1. The molecule has 0 spiro atoms. The van der Waals surface area contributed by atoms with Gasteiger partial charge in [-0.2, -0.15) is 0 Å². The van der Waals surface area contributed by atoms with Crippen LogP contribution < -0.4 is 10.1 Å². The quantitative estimate of drug-likeness (QED) is 0.927. The topological polar surface area (TPSA) is 56.2 Å². The van der Waals surface area contributed by atoms with Crippen LogP contribution in [0.2, 0.25) is 0 Å². The van der Waals surface area contributed by atoms with Gasteiger partial charge in [-0.1, -0.05) is 17.7 Å². The molecule has 2 heterocycles. The molecular weight excluding hydrogens is 278 g/mol. The van der Waals surface area contributed by atoms with E-state index >= 15 is 0 Å². The van der Waals surface area contributed by atoms with Gasteiger partial charge in [0.15, 0.2) is 0 Å². The van der Waals surface area contributed by atoms with E-state index in [4.69, 9.17) is 4.74 Å². The van der Waals surface area contributed by atoms with Crippen LogP contribution in [-0.2, 0) is 7.05 Å². The molecule has 116 valence electrons. The van der Waals surface area contributed by atoms with E-state index in [9.17, 15) is 4.79 Å². The van der Waals surface area contributed by atoms with Crippen molar-refractivity contribution in [3.8, 4) is 5.75 Å². The number of rotatable bonds is 2. The number of imidazole rings is 1. The van der Waals surface area contributed by atoms with Crippen molar-refractivity contribution in [2.45, 2.75) is 38.8 Å². The first kappa shape index (κ1) is 14.6. The molecule has 1 atom stereocenters. The predicted octanol–water partition coefficient (Wildman–Crippen LogP) is 2.76. The maximum atomic E-state index is 12.4. The second-order valence-electron chi connectivity index (χ2n) is 6.56. The molecule has 0 saturated heterocycles. The molecular formula is C17H21N3O2. The van der Waals surface area contributed by atoms with Crippen molar-refractivity contribution in [3.63, 3.8) is 0 Å². The van der Waals surface area contributed by atoms with Crippen molar-refractivity contribution in [1.82, 2.24) is 14.9 Å². The SMILES string of the molecule is Cc1ccc2c(c1)C(NC(=O)c1cn(C)cn1)CC(C)(C)O2. The van der Waals surface area contributed by atoms with Gasteiger partial charge in [0.2, 0.25) is 0 Å². The Morgan fingerprint density at radius 3 is 2.91 bits per heavy atom. The van der Waals surface area contributed by atoms with Gasteiger partial charge in [-0.15, -0.1) is 0 Å². The smallest absolute Gasteiger partial charge is 0.271 e. The predicted molar refractivity (Wildman–Crippen MR) is 83.9 cm³/mol. The van der Waals surface area contributed by atoms with E-state index < -0.39 is 0 Å². The highest BCUT2D eigenvalue weighted by atomic mass is 16.5. The molecule has 0 fully saturated rings. The van der Waals surface area contributed by atoms with Gasteiger partial charge in [0, 0.05) is 25.2 Å². The molecule has 1 aromatic carbocycles. The number of aryl methyl sites for hydroxylation is 2. The Bertz CT molecular complexity index is 718. The van der Waals surface area contributed by atoms with Gasteiger partial charge in [-0.05, 0) is 26.8 Å². The zero-order valence-electron chi connectivity index (χ0n) is 13.4. The van der Waals surface area contributed by atoms with Crippen molar-refractivity contribution in [2.75, 3.05) is 0 Å². The summed E-state index contributed by atoms with van der Waals surface area (Å²) in [5, 5.41) is 3.09. The number of amides is 1. The first-order valence-corrected chi connectivity index (χ1v) is 7.42. The second-order valence-corrected chi connectivity index (χ2v) is 6.56. The van der Waals surface area contributed by atoms with Crippen LogP contribution in [0.5, 0.6) is 5.75 Å². The third-order valence-electron chi connectivity index (χ3n) is 3.87. The van der Waals surface area contributed by atoms with Crippen LogP contribution in [0.25, 0.3) is 0 Å². The minimum atomic E-state index is -0.315. The number of carbonyl (C=O) groups is 1. The summed E-state index contributed by atoms with van der Waals surface area (Å²) in [7, 11) is 1.85. The Morgan fingerprint density at radius 1 is 1.45 bits per heavy atom. The highest BCUT2D eigenvalue weighted by Crippen LogP contribution is 2.39. The van der Waals surface area contributed by atoms with Gasteiger partial charge in [-0.25, -0.2) is 4.98 Å². The molecule has 0 bridgehead atoms. The summed E-state index contributed by atoms with van der Waals surface area (Å²) in [5.74, 6) is 0.684. The van der Waals surface area contributed by atoms with Crippen molar-refractivity contribution in [3.05, 3.63) is 47.5 Å². The highest BCUT2D eigenvalue weighted by Gasteiger charge is 2.34. The first-order valence-electron chi connectivity index (χ1n) is 7.42. The molecule has 1 aliphatic rings. The summed E-state index contributed by atoms with van der Waals surface area (Å²) < 4.78 is 7.79. The summed E-state index contributed by atoms with van der Waals surface area (Å²) in [6.45, 7) is 6.11. The Balaban J connectivity index is 1.90. The van der Waals surface area contributed by atoms with Crippen LogP contribution in [0.3, 0.4) is 0 Å². The highest BCUT2D eigenvalue weighted by molar-refractivity contribution is 5.92. The Morgan fingerprint density at radius 2 is 2.23 bits per heavy atom. The lowest BCUT2D eigenvalue weighted by atomic mass is 9.89. The van der Waals surface area contributed by atoms with Crippen molar-refractivity contribution >= 4 is 5.91 Å². The number of carbonyl (C=O) groups excluding carboxylic acids is 1. The summed E-state index contributed by atoms with van der Waals surface area (Å²) in [5.41, 5.74) is 2.30. The molecule has 1 amide bonds. The maximum absolute atomic E-state index is 12.4. The van der Waals surface area contributed by atoms with Crippen LogP contribution >= 0.6 is 0 Å². The normalized spacial score (nSPS) is 19.2. The zero-order chi connectivity index (χ0) is 15.9. The van der Waals surface area contributed by atoms with Gasteiger partial charge >= 0.3 is 0 Å². The van der Waals surface area contributed by atoms with Gasteiger partial charge < -0.3 is 14.6 Å². The number of aromatic nitrogens is 2. The van der Waals surface area contributed by atoms with Crippen molar-refractivity contribution in [2.24, 2.45) is 7.05 Å². The standard InChI is InChI=1S/C17H21N3O2/c1-11-5-6-15-12(7-11)13(8-17(2,3)22-15)19-16(21)14-9-20(4)10-18-14/h5-7,9-10,13H,8H2,1-4H3,(H,19,21). The molecule has 1 aliphatic heterocycles. The Labute approximate surface area is 130 Å². The largest absolute Gasteiger partial charge is 0.487 e. The van der Waals surface area contributed by atoms with Crippen LogP contribution in [0.15, 0.2) is 30.7 Å². The fourth-order valence-electron chi connectivity index (χ4n) is 2.87. The summed E-state index contributed by atoms with van der Waals surface area (Å²) in [6.07, 6.45) is 4.07. The molecule has 0 radical (unpaired) electrons. The maximum Gasteiger partial charge on any atom is 0.271 e. The van der Waals surface area contributed by atoms with Crippen molar-refractivity contribution < 1.29 is 9.53 Å². The average molecular weight is 299 g/mol. The third kappa shape index (κ3) is 2.84. The van der Waals surface area contributed by atoms with E-state index in [0.29, 0.717) is 5.69 Å². The molecule has 0 saturated carbocycles. The number of hydrogen-bond acceptors (Lipinski definition) is 3. The number of fused-ring (bicyclic) bond motifs is 1. The first-order chi connectivity index (χ1) is 10.3. The third-order valence-corrected chi connectivity index (χ3v) is 3.87. The van der Waals surface area contributed by atoms with E-state index in [1.54, 1.807) is 17.1 Å². The second kappa shape index (κ2) is 5.16.